The van der Waals surface area contributed by atoms with Crippen LogP contribution in [0.5, 0.6) is 23.0 Å². The number of carbonyl (C=O) groups excluding carboxylic acids is 6. The fraction of sp³-hybridized carbons (Fsp3) is 0.438. The molecule has 8 atom stereocenters. The van der Waals surface area contributed by atoms with Gasteiger partial charge in [-0.3, -0.25) is 19.2 Å². The summed E-state index contributed by atoms with van der Waals surface area (Å²) in [5, 5.41) is 44.8. The second kappa shape index (κ2) is 10.4. The van der Waals surface area contributed by atoms with Crippen LogP contribution in [0.1, 0.15) is 47.4 Å². The zero-order valence-electron chi connectivity index (χ0n) is 25.1. The van der Waals surface area contributed by atoms with Crippen molar-refractivity contribution in [2.75, 3.05) is 14.2 Å². The molecule has 2 saturated carbocycles. The molecule has 2 fully saturated rings. The first-order valence-corrected chi connectivity index (χ1v) is 14.5. The Kier molecular flexibility index (Phi) is 7.02. The van der Waals surface area contributed by atoms with Gasteiger partial charge in [-0.25, -0.2) is 9.59 Å². The smallest absolute Gasteiger partial charge is 0.354 e. The Morgan fingerprint density at radius 2 is 1.04 bits per heavy atom. The number of aliphatic hydroxyl groups is 2. The molecule has 2 heterocycles. The van der Waals surface area contributed by atoms with E-state index in [1.165, 1.54) is 38.1 Å². The quantitative estimate of drug-likeness (QED) is 0.271. The van der Waals surface area contributed by atoms with Crippen LogP contribution >= 0.6 is 0 Å². The molecule has 2 aliphatic heterocycles. The minimum Gasteiger partial charge on any atom is -0.506 e. The molecule has 2 aromatic rings. The summed E-state index contributed by atoms with van der Waals surface area (Å²) in [5.74, 6) is -13.3. The molecule has 4 aliphatic rings. The number of fused-ring (bicyclic) bond motifs is 4. The van der Waals surface area contributed by atoms with E-state index in [9.17, 15) is 49.2 Å². The number of aliphatic hydroxyl groups excluding tert-OH is 2. The van der Waals surface area contributed by atoms with Crippen LogP contribution in [0.4, 0.5) is 0 Å². The lowest BCUT2D eigenvalue weighted by Gasteiger charge is -2.48. The predicted molar refractivity (Wildman–Crippen MR) is 151 cm³/mol. The van der Waals surface area contributed by atoms with Crippen LogP contribution in [0.3, 0.4) is 0 Å². The number of phenols is 2. The van der Waals surface area contributed by atoms with Gasteiger partial charge in [-0.05, 0) is 36.1 Å². The maximum atomic E-state index is 13.9. The van der Waals surface area contributed by atoms with Crippen LogP contribution in [0.25, 0.3) is 11.1 Å². The van der Waals surface area contributed by atoms with E-state index in [-0.39, 0.29) is 35.5 Å². The Labute approximate surface area is 260 Å². The number of rotatable bonds is 3. The lowest BCUT2D eigenvalue weighted by atomic mass is 9.64. The molecule has 0 saturated heterocycles. The topological polar surface area (TPSA) is 220 Å². The fourth-order valence-corrected chi connectivity index (χ4v) is 7.44. The van der Waals surface area contributed by atoms with Gasteiger partial charge in [0.25, 0.3) is 0 Å². The van der Waals surface area contributed by atoms with E-state index >= 15 is 0 Å². The molecular formula is C32H30O14. The molecule has 242 valence electrons. The molecule has 14 nitrogen and oxygen atoms in total. The van der Waals surface area contributed by atoms with Crippen LogP contribution in [0.2, 0.25) is 0 Å². The Bertz CT molecular complexity index is 1630. The number of esters is 2. The first-order valence-electron chi connectivity index (χ1n) is 14.5. The lowest BCUT2D eigenvalue weighted by molar-refractivity contribution is -0.190. The van der Waals surface area contributed by atoms with E-state index in [0.717, 1.165) is 14.2 Å². The van der Waals surface area contributed by atoms with Crippen molar-refractivity contribution in [2.24, 2.45) is 23.7 Å². The summed E-state index contributed by atoms with van der Waals surface area (Å²) in [5.41, 5.74) is -6.25. The third-order valence-corrected chi connectivity index (χ3v) is 9.66. The standard InChI is InChI=1S/C32H30O14/c1-11-9-15(33)21-25(37)19-17(45-31(21,27(11)39)29(41)43-3)7-5-13(23(19)35)14-6-8-18-20(24(14)36)26(38)22-16(34)10-12(2)28(40)32(22,46-18)30(42)44-4/h5-8,11-12,21-22,27-28,35-36,39-40H,9-10H2,1-4H3/t11-,12+,21+,22-,27+,28-,31-,32-/m0/s1. The molecule has 0 aromatic heterocycles. The highest BCUT2D eigenvalue weighted by Crippen LogP contribution is 2.54. The van der Waals surface area contributed by atoms with E-state index < -0.39 is 105 Å². The molecule has 0 radical (unpaired) electrons. The van der Waals surface area contributed by atoms with Crippen molar-refractivity contribution in [3.63, 3.8) is 0 Å². The van der Waals surface area contributed by atoms with Gasteiger partial charge >= 0.3 is 11.9 Å². The van der Waals surface area contributed by atoms with E-state index in [4.69, 9.17) is 18.9 Å². The van der Waals surface area contributed by atoms with Crippen molar-refractivity contribution in [3.05, 3.63) is 35.4 Å². The summed E-state index contributed by atoms with van der Waals surface area (Å²) in [6.45, 7) is 3.02. The minimum atomic E-state index is -2.40. The van der Waals surface area contributed by atoms with Gasteiger partial charge in [0.2, 0.25) is 11.2 Å². The van der Waals surface area contributed by atoms with Gasteiger partial charge < -0.3 is 39.4 Å². The lowest BCUT2D eigenvalue weighted by Crippen LogP contribution is -2.70. The predicted octanol–water partition coefficient (Wildman–Crippen LogP) is 0.911. The second-order valence-electron chi connectivity index (χ2n) is 12.2. The van der Waals surface area contributed by atoms with Gasteiger partial charge in [0.15, 0.2) is 11.6 Å². The highest BCUT2D eigenvalue weighted by molar-refractivity contribution is 6.21. The Balaban J connectivity index is 1.50. The van der Waals surface area contributed by atoms with Crippen molar-refractivity contribution in [1.82, 2.24) is 0 Å². The van der Waals surface area contributed by atoms with Crippen LogP contribution in [0, 0.1) is 23.7 Å². The Morgan fingerprint density at radius 3 is 1.37 bits per heavy atom. The molecule has 4 N–H and O–H groups in total. The maximum Gasteiger partial charge on any atom is 0.354 e. The minimum absolute atomic E-state index is 0.208. The van der Waals surface area contributed by atoms with Crippen LogP contribution < -0.4 is 9.47 Å². The monoisotopic (exact) mass is 638 g/mol. The molecule has 6 rings (SSSR count). The zero-order chi connectivity index (χ0) is 33.6. The van der Waals surface area contributed by atoms with Crippen molar-refractivity contribution < 1.29 is 68.1 Å². The molecule has 2 aromatic carbocycles. The maximum absolute atomic E-state index is 13.9. The van der Waals surface area contributed by atoms with Gasteiger partial charge in [-0.2, -0.15) is 0 Å². The van der Waals surface area contributed by atoms with Crippen molar-refractivity contribution in [2.45, 2.75) is 50.1 Å². The third-order valence-electron chi connectivity index (χ3n) is 9.66. The first-order chi connectivity index (χ1) is 21.7. The Hall–Kier alpha value is -4.82. The van der Waals surface area contributed by atoms with E-state index in [2.05, 4.69) is 0 Å². The molecule has 2 aliphatic carbocycles. The van der Waals surface area contributed by atoms with Crippen LogP contribution in [-0.2, 0) is 28.7 Å². The van der Waals surface area contributed by atoms with Crippen LogP contribution in [0.15, 0.2) is 24.3 Å². The summed E-state index contributed by atoms with van der Waals surface area (Å²) in [6, 6.07) is 4.78. The van der Waals surface area contributed by atoms with E-state index in [1.54, 1.807) is 0 Å². The Morgan fingerprint density at radius 1 is 0.696 bits per heavy atom. The number of ether oxygens (including phenoxy) is 4. The number of carbonyl (C=O) groups is 6. The molecule has 0 amide bonds. The summed E-state index contributed by atoms with van der Waals surface area (Å²) in [4.78, 5) is 80.0. The molecule has 46 heavy (non-hydrogen) atoms. The van der Waals surface area contributed by atoms with Crippen molar-refractivity contribution in [1.29, 1.82) is 0 Å². The number of aromatic hydroxyl groups is 2. The number of ketones is 4. The average Bonchev–Trinajstić information content (AvgIpc) is 3.01. The van der Waals surface area contributed by atoms with Gasteiger partial charge in [-0.1, -0.05) is 13.8 Å². The highest BCUT2D eigenvalue weighted by atomic mass is 16.6. The number of Topliss-reactive ketones (excluding diaryl/α,β-unsaturated/α-hetero) is 4. The summed E-state index contributed by atoms with van der Waals surface area (Å²) < 4.78 is 21.4. The first kappa shape index (κ1) is 31.2. The largest absolute Gasteiger partial charge is 0.506 e. The van der Waals surface area contributed by atoms with E-state index in [1.807, 2.05) is 0 Å². The molecule has 0 unspecified atom stereocenters. The summed E-state index contributed by atoms with van der Waals surface area (Å²) in [6.07, 6.45) is -3.75. The number of benzene rings is 2. The molecular weight excluding hydrogens is 608 g/mol. The van der Waals surface area contributed by atoms with Gasteiger partial charge in [0.05, 0.1) is 14.2 Å². The molecule has 0 spiro atoms. The number of hydrogen-bond acceptors (Lipinski definition) is 14. The normalized spacial score (nSPS) is 33.0. The second-order valence-corrected chi connectivity index (χ2v) is 12.2. The van der Waals surface area contributed by atoms with Gasteiger partial charge in [-0.15, -0.1) is 0 Å². The number of methoxy groups -OCH3 is 2. The number of hydrogen-bond donors (Lipinski definition) is 4. The molecule has 0 bridgehead atoms. The summed E-state index contributed by atoms with van der Waals surface area (Å²) >= 11 is 0. The van der Waals surface area contributed by atoms with Crippen molar-refractivity contribution >= 4 is 35.1 Å². The SMILES string of the molecule is COC(=O)[C@]12Oc3ccc(-c4ccc5c(c4O)C(=O)[C@@H]4C(=O)C[C@@H](C)[C@H](O)[C@@]4(C(=O)OC)O5)c(O)c3C(=O)[C@H]1C(=O)C[C@H](C)[C@H]2O. The molecule has 14 heteroatoms. The van der Waals surface area contributed by atoms with E-state index in [0.29, 0.717) is 0 Å². The summed E-state index contributed by atoms with van der Waals surface area (Å²) in [7, 11) is 2.02. The third kappa shape index (κ3) is 3.76. The average molecular weight is 639 g/mol. The number of phenolic OH excluding ortho intramolecular Hbond substituents is 2. The zero-order valence-corrected chi connectivity index (χ0v) is 25.1. The van der Waals surface area contributed by atoms with Crippen LogP contribution in [-0.4, -0.2) is 93.1 Å². The highest BCUT2D eigenvalue weighted by Gasteiger charge is 2.69. The van der Waals surface area contributed by atoms with Gasteiger partial charge in [0, 0.05) is 24.0 Å². The van der Waals surface area contributed by atoms with Crippen molar-refractivity contribution in [3.8, 4) is 34.1 Å². The fourth-order valence-electron chi connectivity index (χ4n) is 7.44. The van der Waals surface area contributed by atoms with Gasteiger partial charge in [0.1, 0.15) is 69.7 Å².